The Morgan fingerprint density at radius 2 is 1.81 bits per heavy atom. The number of carbonyl (C=O) groups is 1. The molecule has 0 unspecified atom stereocenters. The second-order valence-corrected chi connectivity index (χ2v) is 8.36. The zero-order chi connectivity index (χ0) is 21.4. The summed E-state index contributed by atoms with van der Waals surface area (Å²) in [6.07, 6.45) is 5.01. The van der Waals surface area contributed by atoms with E-state index in [0.29, 0.717) is 17.2 Å². The van der Waals surface area contributed by atoms with Gasteiger partial charge in [0.2, 0.25) is 0 Å². The molecule has 3 heterocycles. The second-order valence-electron chi connectivity index (χ2n) is 7.35. The van der Waals surface area contributed by atoms with E-state index < -0.39 is 0 Å². The molecule has 0 atom stereocenters. The van der Waals surface area contributed by atoms with Crippen molar-refractivity contribution in [3.05, 3.63) is 89.5 Å². The van der Waals surface area contributed by atoms with Crippen LogP contribution in [0, 0.1) is 13.8 Å². The molecule has 152 valence electrons. The minimum absolute atomic E-state index is 0.240. The van der Waals surface area contributed by atoms with Gasteiger partial charge in [0, 0.05) is 12.4 Å². The molecule has 0 aliphatic carbocycles. The number of aryl methyl sites for hydroxylation is 2. The maximum absolute atomic E-state index is 13.6. The zero-order valence-corrected chi connectivity index (χ0v) is 17.9. The van der Waals surface area contributed by atoms with E-state index in [1.54, 1.807) is 17.3 Å². The topological polar surface area (TPSA) is 71.9 Å². The number of rotatable bonds is 4. The average Bonchev–Trinajstić information content (AvgIpc) is 3.25. The number of fused-ring (bicyclic) bond motifs is 2. The highest BCUT2D eigenvalue weighted by Gasteiger charge is 2.24. The fourth-order valence-electron chi connectivity index (χ4n) is 3.43. The van der Waals surface area contributed by atoms with E-state index in [0.717, 1.165) is 26.9 Å². The third kappa shape index (κ3) is 3.64. The predicted octanol–water partition coefficient (Wildman–Crippen LogP) is 5.10. The van der Waals surface area contributed by atoms with Gasteiger partial charge in [-0.15, -0.1) is 0 Å². The summed E-state index contributed by atoms with van der Waals surface area (Å²) in [6.45, 7) is 4.47. The Labute approximate surface area is 183 Å². The maximum Gasteiger partial charge on any atom is 0.280 e. The van der Waals surface area contributed by atoms with Crippen molar-refractivity contribution < 1.29 is 4.79 Å². The van der Waals surface area contributed by atoms with E-state index in [9.17, 15) is 4.79 Å². The fraction of sp³-hybridized carbons (Fsp3) is 0.125. The van der Waals surface area contributed by atoms with Crippen LogP contribution < -0.4 is 4.90 Å². The van der Waals surface area contributed by atoms with Crippen LogP contribution in [0.2, 0.25) is 0 Å². The third-order valence-electron chi connectivity index (χ3n) is 5.28. The Morgan fingerprint density at radius 1 is 0.968 bits per heavy atom. The standard InChI is InChI=1S/C24H19N5OS/c1-15-9-10-21-22(16(15)2)28-24(31-21)29(14-17-6-5-11-25-12-17)23(30)20-13-26-18-7-3-4-8-19(18)27-20/h3-13H,14H2,1-2H3. The lowest BCUT2D eigenvalue weighted by molar-refractivity contribution is 0.0980. The van der Waals surface area contributed by atoms with E-state index in [-0.39, 0.29) is 11.6 Å². The number of carbonyl (C=O) groups excluding carboxylic acids is 1. The highest BCUT2D eigenvalue weighted by atomic mass is 32.1. The summed E-state index contributed by atoms with van der Waals surface area (Å²) in [7, 11) is 0. The van der Waals surface area contributed by atoms with Crippen molar-refractivity contribution >= 4 is 43.6 Å². The van der Waals surface area contributed by atoms with Crippen LogP contribution >= 0.6 is 11.3 Å². The molecule has 0 aliphatic heterocycles. The van der Waals surface area contributed by atoms with E-state index in [1.165, 1.54) is 23.1 Å². The minimum atomic E-state index is -0.240. The second kappa shape index (κ2) is 7.85. The van der Waals surface area contributed by atoms with Crippen molar-refractivity contribution in [2.45, 2.75) is 20.4 Å². The first-order valence-electron chi connectivity index (χ1n) is 9.89. The van der Waals surface area contributed by atoms with Gasteiger partial charge in [-0.1, -0.05) is 35.6 Å². The molecule has 0 fully saturated rings. The Bertz CT molecular complexity index is 1410. The van der Waals surface area contributed by atoms with E-state index in [4.69, 9.17) is 4.98 Å². The molecule has 0 saturated heterocycles. The summed E-state index contributed by atoms with van der Waals surface area (Å²) in [6, 6.07) is 15.5. The molecule has 3 aromatic heterocycles. The molecule has 5 aromatic rings. The first kappa shape index (κ1) is 19.3. The summed E-state index contributed by atoms with van der Waals surface area (Å²) in [5.41, 5.74) is 5.86. The predicted molar refractivity (Wildman–Crippen MR) is 123 cm³/mol. The van der Waals surface area contributed by atoms with Gasteiger partial charge in [0.05, 0.1) is 34.0 Å². The quantitative estimate of drug-likeness (QED) is 0.401. The highest BCUT2D eigenvalue weighted by Crippen LogP contribution is 2.33. The fourth-order valence-corrected chi connectivity index (χ4v) is 4.45. The molecule has 0 saturated carbocycles. The normalized spacial score (nSPS) is 11.2. The van der Waals surface area contributed by atoms with Crippen molar-refractivity contribution in [3.63, 3.8) is 0 Å². The van der Waals surface area contributed by atoms with Gasteiger partial charge < -0.3 is 0 Å². The molecular weight excluding hydrogens is 406 g/mol. The third-order valence-corrected chi connectivity index (χ3v) is 6.32. The van der Waals surface area contributed by atoms with E-state index >= 15 is 0 Å². The number of para-hydroxylation sites is 2. The van der Waals surface area contributed by atoms with Crippen molar-refractivity contribution in [2.24, 2.45) is 0 Å². The van der Waals surface area contributed by atoms with Gasteiger partial charge in [-0.05, 0) is 54.8 Å². The SMILES string of the molecule is Cc1ccc2sc(N(Cc3cccnc3)C(=O)c3cnc4ccccc4n3)nc2c1C. The van der Waals surface area contributed by atoms with Gasteiger partial charge in [0.1, 0.15) is 5.69 Å². The van der Waals surface area contributed by atoms with Gasteiger partial charge in [-0.3, -0.25) is 19.7 Å². The van der Waals surface area contributed by atoms with Crippen molar-refractivity contribution in [2.75, 3.05) is 4.90 Å². The monoisotopic (exact) mass is 425 g/mol. The molecule has 0 N–H and O–H groups in total. The highest BCUT2D eigenvalue weighted by molar-refractivity contribution is 7.22. The Morgan fingerprint density at radius 3 is 2.61 bits per heavy atom. The molecule has 0 spiro atoms. The smallest absolute Gasteiger partial charge is 0.278 e. The number of aromatic nitrogens is 4. The molecular formula is C24H19N5OS. The van der Waals surface area contributed by atoms with Crippen LogP contribution in [0.4, 0.5) is 5.13 Å². The number of amides is 1. The summed E-state index contributed by atoms with van der Waals surface area (Å²) in [5.74, 6) is -0.240. The van der Waals surface area contributed by atoms with E-state index in [1.807, 2.05) is 36.4 Å². The van der Waals surface area contributed by atoms with Gasteiger partial charge in [-0.25, -0.2) is 9.97 Å². The largest absolute Gasteiger partial charge is 0.280 e. The molecule has 1 amide bonds. The molecule has 5 rings (SSSR count). The van der Waals surface area contributed by atoms with Gasteiger partial charge in [-0.2, -0.15) is 0 Å². The summed E-state index contributed by atoms with van der Waals surface area (Å²) in [4.78, 5) is 33.2. The van der Waals surface area contributed by atoms with Gasteiger partial charge >= 0.3 is 0 Å². The number of hydrogen-bond donors (Lipinski definition) is 0. The van der Waals surface area contributed by atoms with Crippen LogP contribution in [0.25, 0.3) is 21.3 Å². The van der Waals surface area contributed by atoms with Gasteiger partial charge in [0.25, 0.3) is 5.91 Å². The summed E-state index contributed by atoms with van der Waals surface area (Å²) < 4.78 is 1.05. The Hall–Kier alpha value is -3.71. The first-order chi connectivity index (χ1) is 15.1. The number of pyridine rings is 1. The molecule has 0 bridgehead atoms. The Kier molecular flexibility index (Phi) is 4.88. The van der Waals surface area contributed by atoms with Crippen LogP contribution in [0.1, 0.15) is 27.2 Å². The lowest BCUT2D eigenvalue weighted by atomic mass is 10.1. The van der Waals surface area contributed by atoms with Crippen LogP contribution in [-0.2, 0) is 6.54 Å². The molecule has 31 heavy (non-hydrogen) atoms. The number of nitrogens with zero attached hydrogens (tertiary/aromatic N) is 5. The Balaban J connectivity index is 1.61. The molecule has 0 radical (unpaired) electrons. The number of benzene rings is 2. The van der Waals surface area contributed by atoms with Crippen LogP contribution in [0.5, 0.6) is 0 Å². The van der Waals surface area contributed by atoms with Crippen LogP contribution in [-0.4, -0.2) is 25.8 Å². The van der Waals surface area contributed by atoms with Crippen molar-refractivity contribution in [1.82, 2.24) is 19.9 Å². The summed E-state index contributed by atoms with van der Waals surface area (Å²) in [5, 5.41) is 0.632. The number of thiazole rings is 1. The molecule has 2 aromatic carbocycles. The lowest BCUT2D eigenvalue weighted by Crippen LogP contribution is -2.31. The molecule has 0 aliphatic rings. The molecule has 6 nitrogen and oxygen atoms in total. The summed E-state index contributed by atoms with van der Waals surface area (Å²) >= 11 is 1.50. The minimum Gasteiger partial charge on any atom is -0.278 e. The van der Waals surface area contributed by atoms with E-state index in [2.05, 4.69) is 40.9 Å². The number of hydrogen-bond acceptors (Lipinski definition) is 6. The number of anilines is 1. The average molecular weight is 426 g/mol. The molecule has 7 heteroatoms. The lowest BCUT2D eigenvalue weighted by Gasteiger charge is -2.19. The first-order valence-corrected chi connectivity index (χ1v) is 10.7. The zero-order valence-electron chi connectivity index (χ0n) is 17.1. The van der Waals surface area contributed by atoms with Crippen molar-refractivity contribution in [1.29, 1.82) is 0 Å². The maximum atomic E-state index is 13.6. The van der Waals surface area contributed by atoms with Crippen LogP contribution in [0.3, 0.4) is 0 Å². The van der Waals surface area contributed by atoms with Crippen LogP contribution in [0.15, 0.2) is 67.1 Å². The van der Waals surface area contributed by atoms with Gasteiger partial charge in [0.15, 0.2) is 5.13 Å². The van der Waals surface area contributed by atoms with Crippen molar-refractivity contribution in [3.8, 4) is 0 Å².